The molecule has 1 saturated heterocycles. The Morgan fingerprint density at radius 1 is 1.40 bits per heavy atom. The Balaban J connectivity index is 1.82. The molecule has 5 heteroatoms. The summed E-state index contributed by atoms with van der Waals surface area (Å²) in [6.07, 6.45) is 2.74. The van der Waals surface area contributed by atoms with Gasteiger partial charge in [-0.25, -0.2) is 4.98 Å². The molecular formula is C15H15ClN2OS. The summed E-state index contributed by atoms with van der Waals surface area (Å²) in [6.45, 7) is 0.739. The summed E-state index contributed by atoms with van der Waals surface area (Å²) in [5.74, 6) is 2.86. The quantitative estimate of drug-likeness (QED) is 0.884. The molecular weight excluding hydrogens is 292 g/mol. The fourth-order valence-electron chi connectivity index (χ4n) is 2.42. The van der Waals surface area contributed by atoms with E-state index in [1.807, 2.05) is 36.0 Å². The minimum atomic E-state index is -0.0673. The van der Waals surface area contributed by atoms with Crippen LogP contribution in [-0.4, -0.2) is 28.9 Å². The molecule has 20 heavy (non-hydrogen) atoms. The van der Waals surface area contributed by atoms with Crippen LogP contribution in [0.1, 0.15) is 16.8 Å². The van der Waals surface area contributed by atoms with E-state index >= 15 is 0 Å². The number of amides is 1. The second-order valence-electron chi connectivity index (χ2n) is 4.95. The van der Waals surface area contributed by atoms with Crippen molar-refractivity contribution in [1.82, 2.24) is 10.3 Å². The number of aromatic nitrogens is 1. The molecule has 1 atom stereocenters. The molecule has 3 nitrogen and oxygen atoms in total. The third-order valence-electron chi connectivity index (χ3n) is 3.57. The second kappa shape index (κ2) is 6.02. The molecule has 1 aliphatic heterocycles. The van der Waals surface area contributed by atoms with E-state index in [0.29, 0.717) is 16.6 Å². The third kappa shape index (κ3) is 2.76. The predicted octanol–water partition coefficient (Wildman–Crippen LogP) is 3.37. The van der Waals surface area contributed by atoms with Gasteiger partial charge in [0.25, 0.3) is 5.91 Å². The van der Waals surface area contributed by atoms with Crippen molar-refractivity contribution >= 4 is 40.0 Å². The largest absolute Gasteiger partial charge is 0.352 e. The first-order valence-corrected chi connectivity index (χ1v) is 8.18. The first kappa shape index (κ1) is 13.7. The van der Waals surface area contributed by atoms with Gasteiger partial charge in [-0.2, -0.15) is 11.8 Å². The molecule has 1 aromatic carbocycles. The Kier molecular flexibility index (Phi) is 4.13. The highest BCUT2D eigenvalue weighted by atomic mass is 35.5. The summed E-state index contributed by atoms with van der Waals surface area (Å²) < 4.78 is 0. The molecule has 0 bridgehead atoms. The Morgan fingerprint density at radius 2 is 2.20 bits per heavy atom. The molecule has 1 fully saturated rings. The van der Waals surface area contributed by atoms with Gasteiger partial charge in [-0.15, -0.1) is 0 Å². The number of benzene rings is 1. The van der Waals surface area contributed by atoms with Gasteiger partial charge in [0.1, 0.15) is 5.15 Å². The number of hydrogen-bond acceptors (Lipinski definition) is 3. The van der Waals surface area contributed by atoms with Gasteiger partial charge in [0, 0.05) is 18.1 Å². The molecule has 1 N–H and O–H groups in total. The summed E-state index contributed by atoms with van der Waals surface area (Å²) in [5, 5.41) is 5.12. The number of rotatable bonds is 3. The van der Waals surface area contributed by atoms with Gasteiger partial charge >= 0.3 is 0 Å². The highest BCUT2D eigenvalue weighted by Gasteiger charge is 2.18. The fourth-order valence-corrected chi connectivity index (χ4v) is 3.91. The lowest BCUT2D eigenvalue weighted by Crippen LogP contribution is -2.29. The van der Waals surface area contributed by atoms with Crippen molar-refractivity contribution in [2.45, 2.75) is 6.42 Å². The van der Waals surface area contributed by atoms with Crippen LogP contribution >= 0.6 is 23.4 Å². The first-order valence-electron chi connectivity index (χ1n) is 6.65. The lowest BCUT2D eigenvalue weighted by Gasteiger charge is -2.11. The van der Waals surface area contributed by atoms with Crippen molar-refractivity contribution in [2.24, 2.45) is 5.92 Å². The van der Waals surface area contributed by atoms with Gasteiger partial charge in [-0.3, -0.25) is 4.79 Å². The Morgan fingerprint density at radius 3 is 2.95 bits per heavy atom. The Labute approximate surface area is 127 Å². The lowest BCUT2D eigenvalue weighted by molar-refractivity contribution is 0.0950. The van der Waals surface area contributed by atoms with E-state index in [2.05, 4.69) is 10.3 Å². The van der Waals surface area contributed by atoms with Crippen LogP contribution in [0.4, 0.5) is 0 Å². The average molecular weight is 307 g/mol. The van der Waals surface area contributed by atoms with Crippen molar-refractivity contribution in [3.05, 3.63) is 41.2 Å². The molecule has 0 spiro atoms. The standard InChI is InChI=1S/C15H15ClN2OS/c16-14-12-4-2-1-3-11(12)13(8-17-14)15(19)18-7-10-5-6-20-9-10/h1-4,8,10H,5-7,9H2,(H,18,19). The molecule has 1 amide bonds. The number of thioether (sulfide) groups is 1. The maximum Gasteiger partial charge on any atom is 0.253 e. The molecule has 0 saturated carbocycles. The second-order valence-corrected chi connectivity index (χ2v) is 6.46. The fraction of sp³-hybridized carbons (Fsp3) is 0.333. The molecule has 104 valence electrons. The highest BCUT2D eigenvalue weighted by molar-refractivity contribution is 7.99. The Hall–Kier alpha value is -1.26. The van der Waals surface area contributed by atoms with Crippen molar-refractivity contribution < 1.29 is 4.79 Å². The number of nitrogens with one attached hydrogen (secondary N) is 1. The number of pyridine rings is 1. The van der Waals surface area contributed by atoms with E-state index < -0.39 is 0 Å². The van der Waals surface area contributed by atoms with Crippen LogP contribution in [0.15, 0.2) is 30.5 Å². The summed E-state index contributed by atoms with van der Waals surface area (Å²) in [5.41, 5.74) is 0.593. The zero-order valence-corrected chi connectivity index (χ0v) is 12.5. The minimum Gasteiger partial charge on any atom is -0.352 e. The third-order valence-corrected chi connectivity index (χ3v) is 5.10. The summed E-state index contributed by atoms with van der Waals surface area (Å²) in [7, 11) is 0. The molecule has 0 radical (unpaired) electrons. The van der Waals surface area contributed by atoms with Crippen LogP contribution < -0.4 is 5.32 Å². The van der Waals surface area contributed by atoms with Crippen molar-refractivity contribution in [3.8, 4) is 0 Å². The molecule has 1 aliphatic rings. The van der Waals surface area contributed by atoms with Crippen LogP contribution in [0, 0.1) is 5.92 Å². The number of carbonyl (C=O) groups is 1. The molecule has 2 heterocycles. The number of hydrogen-bond donors (Lipinski definition) is 1. The van der Waals surface area contributed by atoms with E-state index in [1.54, 1.807) is 6.20 Å². The van der Waals surface area contributed by atoms with Crippen molar-refractivity contribution in [1.29, 1.82) is 0 Å². The van der Waals surface area contributed by atoms with Gasteiger partial charge in [-0.1, -0.05) is 35.9 Å². The van der Waals surface area contributed by atoms with Crippen LogP contribution in [0.3, 0.4) is 0 Å². The SMILES string of the molecule is O=C(NCC1CCSC1)c1cnc(Cl)c2ccccc12. The van der Waals surface area contributed by atoms with E-state index in [-0.39, 0.29) is 5.91 Å². The first-order chi connectivity index (χ1) is 9.75. The molecule has 3 rings (SSSR count). The molecule has 0 aliphatic carbocycles. The Bertz CT molecular complexity index is 641. The van der Waals surface area contributed by atoms with Crippen LogP contribution in [0.25, 0.3) is 10.8 Å². The number of halogens is 1. The van der Waals surface area contributed by atoms with Gasteiger partial charge < -0.3 is 5.32 Å². The van der Waals surface area contributed by atoms with Gasteiger partial charge in [-0.05, 0) is 29.2 Å². The van der Waals surface area contributed by atoms with E-state index in [1.165, 1.54) is 12.2 Å². The van der Waals surface area contributed by atoms with E-state index in [9.17, 15) is 4.79 Å². The smallest absolute Gasteiger partial charge is 0.253 e. The normalized spacial score (nSPS) is 18.4. The van der Waals surface area contributed by atoms with Gasteiger partial charge in [0.2, 0.25) is 0 Å². The lowest BCUT2D eigenvalue weighted by atomic mass is 10.1. The monoisotopic (exact) mass is 306 g/mol. The zero-order valence-electron chi connectivity index (χ0n) is 10.9. The van der Waals surface area contributed by atoms with E-state index in [0.717, 1.165) is 23.1 Å². The maximum atomic E-state index is 12.3. The number of fused-ring (bicyclic) bond motifs is 1. The average Bonchev–Trinajstić information content (AvgIpc) is 2.99. The number of carbonyl (C=O) groups excluding carboxylic acids is 1. The zero-order chi connectivity index (χ0) is 13.9. The molecule has 2 aromatic rings. The number of nitrogens with zero attached hydrogens (tertiary/aromatic N) is 1. The molecule has 1 aromatic heterocycles. The summed E-state index contributed by atoms with van der Waals surface area (Å²) in [6, 6.07) is 7.59. The maximum absolute atomic E-state index is 12.3. The summed E-state index contributed by atoms with van der Waals surface area (Å²) in [4.78, 5) is 16.4. The van der Waals surface area contributed by atoms with Crippen molar-refractivity contribution in [3.63, 3.8) is 0 Å². The van der Waals surface area contributed by atoms with Crippen molar-refractivity contribution in [2.75, 3.05) is 18.1 Å². The van der Waals surface area contributed by atoms with Gasteiger partial charge in [0.15, 0.2) is 0 Å². The van der Waals surface area contributed by atoms with Crippen LogP contribution in [-0.2, 0) is 0 Å². The van der Waals surface area contributed by atoms with E-state index in [4.69, 9.17) is 11.6 Å². The molecule has 1 unspecified atom stereocenters. The topological polar surface area (TPSA) is 42.0 Å². The summed E-state index contributed by atoms with van der Waals surface area (Å²) >= 11 is 8.02. The highest BCUT2D eigenvalue weighted by Crippen LogP contribution is 2.25. The predicted molar refractivity (Wildman–Crippen MR) is 84.5 cm³/mol. The van der Waals surface area contributed by atoms with Crippen LogP contribution in [0.2, 0.25) is 5.15 Å². The van der Waals surface area contributed by atoms with Gasteiger partial charge in [0.05, 0.1) is 5.56 Å². The van der Waals surface area contributed by atoms with Crippen LogP contribution in [0.5, 0.6) is 0 Å². The minimum absolute atomic E-state index is 0.0673.